The third-order valence-corrected chi connectivity index (χ3v) is 1.61. The van der Waals surface area contributed by atoms with E-state index in [1.54, 1.807) is 0 Å². The van der Waals surface area contributed by atoms with Crippen molar-refractivity contribution >= 4 is 12.9 Å². The Morgan fingerprint density at radius 3 is 1.09 bits per heavy atom. The number of hydrogen-bond acceptors (Lipinski definition) is 3. The van der Waals surface area contributed by atoms with E-state index in [9.17, 15) is 0 Å². The third kappa shape index (κ3) is 9.14. The summed E-state index contributed by atoms with van der Waals surface area (Å²) < 4.78 is 3.47. The lowest BCUT2D eigenvalue weighted by atomic mass is 10.0. The Morgan fingerprint density at radius 1 is 0.727 bits per heavy atom. The fourth-order valence-electron chi connectivity index (χ4n) is 1.08. The van der Waals surface area contributed by atoms with Gasteiger partial charge in [-0.05, 0) is 0 Å². The zero-order valence-electron chi connectivity index (χ0n) is 6.62. The van der Waals surface area contributed by atoms with Crippen LogP contribution in [-0.4, -0.2) is 12.9 Å². The molecule has 1 fully saturated rings. The third-order valence-electron chi connectivity index (χ3n) is 1.61. The fraction of sp³-hybridized carbons (Fsp3) is 0.750. The van der Waals surface area contributed by atoms with Gasteiger partial charge in [0.2, 0.25) is 0 Å². The Morgan fingerprint density at radius 2 is 1.00 bits per heavy atom. The van der Waals surface area contributed by atoms with Crippen LogP contribution < -0.4 is 0 Å². The van der Waals surface area contributed by atoms with Gasteiger partial charge in [0.15, 0.2) is 0 Å². The molecule has 0 bridgehead atoms. The second kappa shape index (κ2) is 9.14. The molecule has 64 valence electrons. The summed E-state index contributed by atoms with van der Waals surface area (Å²) in [4.78, 5) is 17.9. The molecule has 0 saturated heterocycles. The van der Waals surface area contributed by atoms with E-state index in [1.807, 2.05) is 0 Å². The molecule has 0 unspecified atom stereocenters. The van der Waals surface area contributed by atoms with Crippen molar-refractivity contribution in [2.75, 3.05) is 0 Å². The maximum Gasteiger partial charge on any atom is 0.300 e. The molecular weight excluding hydrogens is 144 g/mol. The van der Waals surface area contributed by atoms with Crippen molar-refractivity contribution in [1.29, 1.82) is 0 Å². The highest BCUT2D eigenvalue weighted by Gasteiger charge is 1.95. The highest BCUT2D eigenvalue weighted by atomic mass is 16.6. The van der Waals surface area contributed by atoms with Crippen LogP contribution in [0.2, 0.25) is 0 Å². The molecule has 0 spiro atoms. The van der Waals surface area contributed by atoms with Crippen LogP contribution in [0.3, 0.4) is 0 Å². The summed E-state index contributed by atoms with van der Waals surface area (Å²) in [6, 6.07) is 0. The Balaban J connectivity index is 0.000000187. The second-order valence-electron chi connectivity index (χ2n) is 2.45. The first-order valence-corrected chi connectivity index (χ1v) is 3.94. The molecule has 0 heterocycles. The van der Waals surface area contributed by atoms with E-state index in [-0.39, 0.29) is 12.9 Å². The minimum Gasteiger partial charge on any atom is -0.398 e. The predicted molar refractivity (Wildman–Crippen MR) is 40.9 cm³/mol. The largest absolute Gasteiger partial charge is 0.398 e. The van der Waals surface area contributed by atoms with E-state index >= 15 is 0 Å². The highest BCUT2D eigenvalue weighted by molar-refractivity contribution is 5.55. The van der Waals surface area contributed by atoms with Gasteiger partial charge in [-0.15, -0.1) is 0 Å². The number of hydrogen-bond donors (Lipinski definition) is 0. The lowest BCUT2D eigenvalue weighted by molar-refractivity contribution is -0.141. The molecule has 1 saturated carbocycles. The maximum absolute atomic E-state index is 8.95. The lowest BCUT2D eigenvalue weighted by Crippen LogP contribution is -1.85. The molecule has 0 radical (unpaired) electrons. The Bertz CT molecular complexity index is 80.0. The number of rotatable bonds is 2. The van der Waals surface area contributed by atoms with Gasteiger partial charge in [0.25, 0.3) is 0 Å². The van der Waals surface area contributed by atoms with Crippen LogP contribution >= 0.6 is 0 Å². The van der Waals surface area contributed by atoms with Gasteiger partial charge in [-0.25, -0.2) is 0 Å². The van der Waals surface area contributed by atoms with Crippen molar-refractivity contribution in [2.45, 2.75) is 38.5 Å². The second-order valence-corrected chi connectivity index (χ2v) is 2.45. The number of ether oxygens (including phenoxy) is 1. The van der Waals surface area contributed by atoms with Crippen molar-refractivity contribution in [2.24, 2.45) is 0 Å². The van der Waals surface area contributed by atoms with Gasteiger partial charge in [0.1, 0.15) is 0 Å². The van der Waals surface area contributed by atoms with Crippen molar-refractivity contribution < 1.29 is 14.3 Å². The van der Waals surface area contributed by atoms with Crippen molar-refractivity contribution in [3.8, 4) is 0 Å². The first kappa shape index (κ1) is 10.1. The smallest absolute Gasteiger partial charge is 0.300 e. The summed E-state index contributed by atoms with van der Waals surface area (Å²) in [5.41, 5.74) is 0. The van der Waals surface area contributed by atoms with E-state index in [4.69, 9.17) is 9.59 Å². The molecule has 0 aromatic heterocycles. The van der Waals surface area contributed by atoms with Crippen LogP contribution in [0, 0.1) is 0 Å². The molecule has 1 rings (SSSR count). The quantitative estimate of drug-likeness (QED) is 0.453. The van der Waals surface area contributed by atoms with E-state index in [0.29, 0.717) is 0 Å². The average molecular weight is 158 g/mol. The molecule has 11 heavy (non-hydrogen) atoms. The minimum atomic E-state index is 0.0625. The first-order chi connectivity index (χ1) is 5.41. The molecule has 0 aliphatic heterocycles. The normalized spacial score (nSPS) is 15.6. The summed E-state index contributed by atoms with van der Waals surface area (Å²) in [6.07, 6.45) is 9.00. The SMILES string of the molecule is C1CCCCC1.O=COC=O. The van der Waals surface area contributed by atoms with E-state index < -0.39 is 0 Å². The van der Waals surface area contributed by atoms with Gasteiger partial charge in [-0.3, -0.25) is 9.59 Å². The topological polar surface area (TPSA) is 43.4 Å². The molecular formula is C8H14O3. The summed E-state index contributed by atoms with van der Waals surface area (Å²) in [5, 5.41) is 0. The zero-order valence-corrected chi connectivity index (χ0v) is 6.62. The van der Waals surface area contributed by atoms with Gasteiger partial charge in [0, 0.05) is 0 Å². The number of carbonyl (C=O) groups excluding carboxylic acids is 2. The van der Waals surface area contributed by atoms with Crippen LogP contribution in [0.25, 0.3) is 0 Å². The van der Waals surface area contributed by atoms with E-state index in [2.05, 4.69) is 4.74 Å². The Kier molecular flexibility index (Phi) is 8.43. The Labute approximate surface area is 66.7 Å². The van der Waals surface area contributed by atoms with Gasteiger partial charge in [-0.2, -0.15) is 0 Å². The maximum atomic E-state index is 8.95. The molecule has 3 heteroatoms. The Hall–Kier alpha value is -0.860. The summed E-state index contributed by atoms with van der Waals surface area (Å²) >= 11 is 0. The lowest BCUT2D eigenvalue weighted by Gasteiger charge is -2.05. The van der Waals surface area contributed by atoms with Gasteiger partial charge < -0.3 is 4.74 Å². The van der Waals surface area contributed by atoms with Gasteiger partial charge in [-0.1, -0.05) is 38.5 Å². The van der Waals surface area contributed by atoms with Gasteiger partial charge in [0.05, 0.1) is 0 Å². The predicted octanol–water partition coefficient (Wildman–Crippen LogP) is 1.66. The van der Waals surface area contributed by atoms with Crippen LogP contribution in [0.15, 0.2) is 0 Å². The molecule has 0 N–H and O–H groups in total. The molecule has 3 nitrogen and oxygen atoms in total. The summed E-state index contributed by atoms with van der Waals surface area (Å²) in [7, 11) is 0. The van der Waals surface area contributed by atoms with Crippen LogP contribution in [0.5, 0.6) is 0 Å². The van der Waals surface area contributed by atoms with Crippen molar-refractivity contribution in [3.63, 3.8) is 0 Å². The summed E-state index contributed by atoms with van der Waals surface area (Å²) in [5.74, 6) is 0. The standard InChI is InChI=1S/C6H12.C2H2O3/c1-2-4-6-5-3-1;3-1-5-2-4/h1-6H2;1-2H. The molecule has 1 aliphatic carbocycles. The zero-order chi connectivity index (χ0) is 8.36. The molecule has 1 aliphatic rings. The van der Waals surface area contributed by atoms with Crippen LogP contribution in [0.4, 0.5) is 0 Å². The minimum absolute atomic E-state index is 0.0625. The van der Waals surface area contributed by atoms with Crippen LogP contribution in [0.1, 0.15) is 38.5 Å². The van der Waals surface area contributed by atoms with Crippen molar-refractivity contribution in [3.05, 3.63) is 0 Å². The monoisotopic (exact) mass is 158 g/mol. The molecule has 0 atom stereocenters. The average Bonchev–Trinajstić information content (AvgIpc) is 2.10. The van der Waals surface area contributed by atoms with Gasteiger partial charge >= 0.3 is 12.9 Å². The number of carbonyl (C=O) groups is 2. The molecule has 0 amide bonds. The summed E-state index contributed by atoms with van der Waals surface area (Å²) in [6.45, 7) is 0.125. The first-order valence-electron chi connectivity index (χ1n) is 3.94. The van der Waals surface area contributed by atoms with E-state index in [0.717, 1.165) is 0 Å². The van der Waals surface area contributed by atoms with Crippen LogP contribution in [-0.2, 0) is 14.3 Å². The molecule has 0 aromatic carbocycles. The fourth-order valence-corrected chi connectivity index (χ4v) is 1.08. The molecule has 0 aromatic rings. The highest BCUT2D eigenvalue weighted by Crippen LogP contribution is 2.15. The van der Waals surface area contributed by atoms with E-state index in [1.165, 1.54) is 38.5 Å². The van der Waals surface area contributed by atoms with Crippen molar-refractivity contribution in [1.82, 2.24) is 0 Å².